The van der Waals surface area contributed by atoms with E-state index >= 15 is 4.39 Å². The van der Waals surface area contributed by atoms with E-state index in [0.29, 0.717) is 80.7 Å². The van der Waals surface area contributed by atoms with Crippen molar-refractivity contribution in [3.05, 3.63) is 59.9 Å². The van der Waals surface area contributed by atoms with Gasteiger partial charge in [-0.05, 0) is 37.1 Å². The smallest absolute Gasteiger partial charge is 0.152 e. The fourth-order valence-electron chi connectivity index (χ4n) is 6.20. The number of β-amino-alcohol motifs (C(OH)–C–C–N with tert-alkyl or cyclic N) is 1. The largest absolute Gasteiger partial charge is 0.391 e. The summed E-state index contributed by atoms with van der Waals surface area (Å²) in [6.07, 6.45) is 3.93. The van der Waals surface area contributed by atoms with E-state index in [1.165, 1.54) is 6.07 Å². The monoisotopic (exact) mass is 603 g/mol. The second kappa shape index (κ2) is 12.1. The zero-order valence-electron chi connectivity index (χ0n) is 24.6. The van der Waals surface area contributed by atoms with Crippen molar-refractivity contribution in [2.45, 2.75) is 19.4 Å². The van der Waals surface area contributed by atoms with Crippen LogP contribution in [0.25, 0.3) is 22.2 Å². The summed E-state index contributed by atoms with van der Waals surface area (Å²) in [5.74, 6) is 0.100. The molecule has 0 aliphatic carbocycles. The SMILES string of the molecule is Cc1c(-c2ccc(N3CCC(O)C3)nc2)nc2cc(F)cc(F)c2c1Nc1cc(N2CCOCC2)cnc1N1CCOCC1. The molecule has 7 rings (SSSR count). The number of hydrogen-bond donors (Lipinski definition) is 2. The summed E-state index contributed by atoms with van der Waals surface area (Å²) in [6, 6.07) is 7.99. The van der Waals surface area contributed by atoms with Gasteiger partial charge in [0.15, 0.2) is 5.82 Å². The Labute approximate surface area is 254 Å². The fourth-order valence-corrected chi connectivity index (χ4v) is 6.20. The maximum absolute atomic E-state index is 15.6. The van der Waals surface area contributed by atoms with Crippen molar-refractivity contribution in [2.24, 2.45) is 0 Å². The molecule has 12 heteroatoms. The molecule has 3 aromatic heterocycles. The van der Waals surface area contributed by atoms with Crippen LogP contribution in [-0.2, 0) is 9.47 Å². The van der Waals surface area contributed by atoms with E-state index < -0.39 is 11.6 Å². The molecule has 6 heterocycles. The Hall–Kier alpha value is -4.13. The molecule has 2 N–H and O–H groups in total. The lowest BCUT2D eigenvalue weighted by Gasteiger charge is -2.32. The number of aliphatic hydroxyl groups is 1. The maximum atomic E-state index is 15.6. The highest BCUT2D eigenvalue weighted by Gasteiger charge is 2.24. The Morgan fingerprint density at radius 2 is 1.64 bits per heavy atom. The van der Waals surface area contributed by atoms with Crippen molar-refractivity contribution in [1.29, 1.82) is 0 Å². The molecule has 0 spiro atoms. The average molecular weight is 604 g/mol. The molecule has 230 valence electrons. The highest BCUT2D eigenvalue weighted by molar-refractivity contribution is 5.99. The predicted octanol–water partition coefficient (Wildman–Crippen LogP) is 4.27. The molecule has 4 aromatic rings. The number of morpholine rings is 2. The molecule has 1 unspecified atom stereocenters. The number of aliphatic hydroxyl groups excluding tert-OH is 1. The van der Waals surface area contributed by atoms with Crippen LogP contribution in [0.4, 0.5) is 37.5 Å². The second-order valence-electron chi connectivity index (χ2n) is 11.4. The van der Waals surface area contributed by atoms with Crippen molar-refractivity contribution in [3.63, 3.8) is 0 Å². The van der Waals surface area contributed by atoms with Crippen molar-refractivity contribution >= 4 is 39.6 Å². The standard InChI is InChI=1S/C32H35F2N7O3/c1-20-30(21-2-3-28(35-17-21)41-5-4-24(42)19-41)37-26-15-22(33)14-25(34)29(26)31(20)38-27-16-23(39-6-10-43-11-7-39)18-36-32(27)40-8-12-44-13-9-40/h2-3,14-18,24,42H,4-13,19H2,1H3,(H,37,38). The van der Waals surface area contributed by atoms with Crippen LogP contribution in [0, 0.1) is 18.6 Å². The number of hydrogen-bond acceptors (Lipinski definition) is 10. The van der Waals surface area contributed by atoms with Crippen molar-refractivity contribution in [2.75, 3.05) is 85.7 Å². The van der Waals surface area contributed by atoms with Crippen molar-refractivity contribution < 1.29 is 23.4 Å². The van der Waals surface area contributed by atoms with E-state index in [1.807, 2.05) is 36.2 Å². The van der Waals surface area contributed by atoms with Crippen LogP contribution in [-0.4, -0.2) is 91.9 Å². The molecule has 0 amide bonds. The third kappa shape index (κ3) is 5.60. The van der Waals surface area contributed by atoms with E-state index in [9.17, 15) is 9.50 Å². The number of nitrogens with one attached hydrogen (secondary N) is 1. The molecular formula is C32H35F2N7O3. The lowest BCUT2D eigenvalue weighted by atomic mass is 10.0. The molecule has 1 aromatic carbocycles. The number of anilines is 5. The highest BCUT2D eigenvalue weighted by atomic mass is 19.1. The summed E-state index contributed by atoms with van der Waals surface area (Å²) >= 11 is 0. The zero-order chi connectivity index (χ0) is 30.2. The quantitative estimate of drug-likeness (QED) is 0.333. The summed E-state index contributed by atoms with van der Waals surface area (Å²) in [5, 5.41) is 13.7. The molecular weight excluding hydrogens is 568 g/mol. The third-order valence-electron chi connectivity index (χ3n) is 8.55. The number of aromatic nitrogens is 3. The summed E-state index contributed by atoms with van der Waals surface area (Å²) < 4.78 is 41.3. The van der Waals surface area contributed by atoms with Crippen LogP contribution >= 0.6 is 0 Å². The Kier molecular flexibility index (Phi) is 7.87. The van der Waals surface area contributed by atoms with Gasteiger partial charge in [-0.15, -0.1) is 0 Å². The number of fused-ring (bicyclic) bond motifs is 1. The van der Waals surface area contributed by atoms with Crippen LogP contribution in [0.2, 0.25) is 0 Å². The van der Waals surface area contributed by atoms with Crippen LogP contribution in [0.15, 0.2) is 42.7 Å². The van der Waals surface area contributed by atoms with Gasteiger partial charge in [-0.25, -0.2) is 23.7 Å². The number of nitrogens with zero attached hydrogens (tertiary/aromatic N) is 6. The van der Waals surface area contributed by atoms with Crippen molar-refractivity contribution in [3.8, 4) is 11.3 Å². The van der Waals surface area contributed by atoms with E-state index in [4.69, 9.17) is 19.4 Å². The number of rotatable bonds is 6. The zero-order valence-corrected chi connectivity index (χ0v) is 24.6. The van der Waals surface area contributed by atoms with Gasteiger partial charge in [0.2, 0.25) is 0 Å². The molecule has 0 saturated carbocycles. The minimum atomic E-state index is -0.700. The Morgan fingerprint density at radius 3 is 2.32 bits per heavy atom. The van der Waals surface area contributed by atoms with Gasteiger partial charge in [0.25, 0.3) is 0 Å². The number of benzene rings is 1. The molecule has 44 heavy (non-hydrogen) atoms. The van der Waals surface area contributed by atoms with Gasteiger partial charge in [-0.1, -0.05) is 0 Å². The first-order valence-electron chi connectivity index (χ1n) is 15.1. The van der Waals surface area contributed by atoms with Crippen LogP contribution in [0.3, 0.4) is 0 Å². The Morgan fingerprint density at radius 1 is 0.886 bits per heavy atom. The summed E-state index contributed by atoms with van der Waals surface area (Å²) in [5.41, 5.74) is 4.31. The number of pyridine rings is 3. The molecule has 3 aliphatic rings. The van der Waals surface area contributed by atoms with Crippen LogP contribution < -0.4 is 20.0 Å². The molecule has 0 radical (unpaired) electrons. The molecule has 3 aliphatic heterocycles. The lowest BCUT2D eigenvalue weighted by molar-refractivity contribution is 0.122. The normalized spacial score (nSPS) is 19.2. The van der Waals surface area contributed by atoms with Gasteiger partial charge < -0.3 is 34.6 Å². The van der Waals surface area contributed by atoms with Crippen LogP contribution in [0.5, 0.6) is 0 Å². The first kappa shape index (κ1) is 28.6. The van der Waals surface area contributed by atoms with Gasteiger partial charge in [0.1, 0.15) is 17.5 Å². The van der Waals surface area contributed by atoms with Gasteiger partial charge >= 0.3 is 0 Å². The summed E-state index contributed by atoms with van der Waals surface area (Å²) in [7, 11) is 0. The Balaban J connectivity index is 1.33. The fraction of sp³-hybridized carbons (Fsp3) is 0.406. The van der Waals surface area contributed by atoms with E-state index in [-0.39, 0.29) is 17.0 Å². The number of halogens is 2. The van der Waals surface area contributed by atoms with Crippen LogP contribution in [0.1, 0.15) is 12.0 Å². The molecule has 3 fully saturated rings. The molecule has 1 atom stereocenters. The summed E-state index contributed by atoms with van der Waals surface area (Å²) in [4.78, 5) is 20.7. The maximum Gasteiger partial charge on any atom is 0.152 e. The minimum Gasteiger partial charge on any atom is -0.391 e. The highest BCUT2D eigenvalue weighted by Crippen LogP contribution is 2.40. The van der Waals surface area contributed by atoms with E-state index in [1.54, 1.807) is 6.20 Å². The third-order valence-corrected chi connectivity index (χ3v) is 8.55. The van der Waals surface area contributed by atoms with E-state index in [0.717, 1.165) is 43.0 Å². The first-order chi connectivity index (χ1) is 21.4. The summed E-state index contributed by atoms with van der Waals surface area (Å²) in [6.45, 7) is 8.41. The van der Waals surface area contributed by atoms with E-state index in [2.05, 4.69) is 20.1 Å². The van der Waals surface area contributed by atoms with Gasteiger partial charge in [-0.3, -0.25) is 0 Å². The minimum absolute atomic E-state index is 0.197. The van der Waals surface area contributed by atoms with Gasteiger partial charge in [0, 0.05) is 63.2 Å². The molecule has 10 nitrogen and oxygen atoms in total. The molecule has 3 saturated heterocycles. The topological polar surface area (TPSA) is 99.1 Å². The first-order valence-corrected chi connectivity index (χ1v) is 15.1. The number of ether oxygens (including phenoxy) is 2. The second-order valence-corrected chi connectivity index (χ2v) is 11.4. The lowest BCUT2D eigenvalue weighted by Crippen LogP contribution is -2.38. The van der Waals surface area contributed by atoms with Gasteiger partial charge in [0.05, 0.1) is 72.4 Å². The Bertz CT molecular complexity index is 1660. The predicted molar refractivity (Wildman–Crippen MR) is 166 cm³/mol. The average Bonchev–Trinajstić information content (AvgIpc) is 3.49. The van der Waals surface area contributed by atoms with Gasteiger partial charge in [-0.2, -0.15) is 0 Å². The van der Waals surface area contributed by atoms with Crippen molar-refractivity contribution in [1.82, 2.24) is 15.0 Å². The molecule has 0 bridgehead atoms.